The van der Waals surface area contributed by atoms with Gasteiger partial charge in [0.2, 0.25) is 0 Å². The fourth-order valence-electron chi connectivity index (χ4n) is 0.770. The summed E-state index contributed by atoms with van der Waals surface area (Å²) in [6.07, 6.45) is -1.12. The molecule has 1 aromatic carbocycles. The maximum atomic E-state index is 10.2. The van der Waals surface area contributed by atoms with Crippen molar-refractivity contribution in [2.45, 2.75) is 19.4 Å². The van der Waals surface area contributed by atoms with Gasteiger partial charge in [-0.05, 0) is 12.5 Å². The van der Waals surface area contributed by atoms with E-state index >= 15 is 0 Å². The van der Waals surface area contributed by atoms with Crippen LogP contribution in [0.2, 0.25) is 0 Å². The van der Waals surface area contributed by atoms with Crippen LogP contribution in [-0.2, 0) is 16.0 Å². The van der Waals surface area contributed by atoms with Crippen LogP contribution in [0, 0.1) is 0 Å². The van der Waals surface area contributed by atoms with E-state index in [0.29, 0.717) is 0 Å². The summed E-state index contributed by atoms with van der Waals surface area (Å²) in [5, 5.41) is 24.1. The Morgan fingerprint density at radius 3 is 1.94 bits per heavy atom. The highest BCUT2D eigenvalue weighted by Crippen LogP contribution is 1.98. The van der Waals surface area contributed by atoms with Crippen LogP contribution in [0.5, 0.6) is 0 Å². The molecule has 5 nitrogen and oxygen atoms in total. The fraction of sp³-hybridized carbons (Fsp3) is 0.273. The van der Waals surface area contributed by atoms with Gasteiger partial charge in [0.05, 0.1) is 6.42 Å². The Labute approximate surface area is 93.0 Å². The number of aliphatic carboxylic acids is 2. The second-order valence-electron chi connectivity index (χ2n) is 3.07. The summed E-state index contributed by atoms with van der Waals surface area (Å²) in [5.41, 5.74) is 0.843. The minimum atomic E-state index is -1.23. The van der Waals surface area contributed by atoms with Crippen LogP contribution in [0.15, 0.2) is 30.3 Å². The van der Waals surface area contributed by atoms with Gasteiger partial charge < -0.3 is 15.3 Å². The average Bonchev–Trinajstić information content (AvgIpc) is 2.19. The normalized spacial score (nSPS) is 10.9. The summed E-state index contributed by atoms with van der Waals surface area (Å²) < 4.78 is 0. The molecule has 1 aromatic rings. The van der Waals surface area contributed by atoms with Gasteiger partial charge in [0, 0.05) is 0 Å². The third kappa shape index (κ3) is 7.52. The molecule has 5 heteroatoms. The van der Waals surface area contributed by atoms with E-state index < -0.39 is 18.0 Å². The van der Waals surface area contributed by atoms with Crippen LogP contribution < -0.4 is 0 Å². The van der Waals surface area contributed by atoms with Gasteiger partial charge in [0.1, 0.15) is 6.10 Å². The van der Waals surface area contributed by atoms with Gasteiger partial charge in [-0.15, -0.1) is 0 Å². The smallest absolute Gasteiger partial charge is 0.332 e. The first-order valence-electron chi connectivity index (χ1n) is 4.60. The number of benzene rings is 1. The lowest BCUT2D eigenvalue weighted by Gasteiger charge is -1.92. The zero-order valence-corrected chi connectivity index (χ0v) is 8.83. The molecule has 0 heterocycles. The number of aliphatic hydroxyl groups is 1. The molecule has 0 aliphatic carbocycles. The Bertz CT molecular complexity index is 331. The molecule has 0 fully saturated rings. The third-order valence-corrected chi connectivity index (χ3v) is 1.56. The molecule has 1 unspecified atom stereocenters. The minimum absolute atomic E-state index is 0.112. The van der Waals surface area contributed by atoms with E-state index in [1.165, 1.54) is 6.92 Å². The molecule has 0 bridgehead atoms. The lowest BCUT2D eigenvalue weighted by atomic mass is 10.2. The van der Waals surface area contributed by atoms with Crippen LogP contribution in [0.1, 0.15) is 12.5 Å². The van der Waals surface area contributed by atoms with E-state index in [4.69, 9.17) is 15.3 Å². The standard InChI is InChI=1S/C8H8O2.C3H6O3/c9-8(10)6-7-4-2-1-3-5-7;1-2(4)3(5)6/h1-5H,6H2,(H,9,10);2,4H,1H3,(H,5,6). The van der Waals surface area contributed by atoms with Gasteiger partial charge in [-0.25, -0.2) is 4.79 Å². The monoisotopic (exact) mass is 226 g/mol. The molecule has 0 spiro atoms. The number of hydrogen-bond donors (Lipinski definition) is 3. The van der Waals surface area contributed by atoms with Crippen LogP contribution in [0.3, 0.4) is 0 Å². The largest absolute Gasteiger partial charge is 0.481 e. The van der Waals surface area contributed by atoms with Crippen LogP contribution >= 0.6 is 0 Å². The van der Waals surface area contributed by atoms with Crippen molar-refractivity contribution in [2.24, 2.45) is 0 Å². The summed E-state index contributed by atoms with van der Waals surface area (Å²) >= 11 is 0. The van der Waals surface area contributed by atoms with E-state index in [-0.39, 0.29) is 6.42 Å². The Morgan fingerprint density at radius 1 is 1.19 bits per heavy atom. The minimum Gasteiger partial charge on any atom is -0.481 e. The van der Waals surface area contributed by atoms with E-state index in [2.05, 4.69) is 0 Å². The lowest BCUT2D eigenvalue weighted by Crippen LogP contribution is -2.13. The number of carbonyl (C=O) groups is 2. The van der Waals surface area contributed by atoms with E-state index in [1.54, 1.807) is 12.1 Å². The van der Waals surface area contributed by atoms with Gasteiger partial charge in [-0.2, -0.15) is 0 Å². The molecule has 1 atom stereocenters. The predicted octanol–water partition coefficient (Wildman–Crippen LogP) is 0.765. The molecular formula is C11H14O5. The van der Waals surface area contributed by atoms with Crippen molar-refractivity contribution in [1.82, 2.24) is 0 Å². The van der Waals surface area contributed by atoms with Crippen molar-refractivity contribution in [1.29, 1.82) is 0 Å². The highest BCUT2D eigenvalue weighted by atomic mass is 16.4. The highest BCUT2D eigenvalue weighted by molar-refractivity contribution is 5.71. The van der Waals surface area contributed by atoms with Gasteiger partial charge in [0.15, 0.2) is 0 Å². The summed E-state index contributed by atoms with van der Waals surface area (Å²) in [4.78, 5) is 19.6. The van der Waals surface area contributed by atoms with Crippen LogP contribution in [-0.4, -0.2) is 33.4 Å². The van der Waals surface area contributed by atoms with Crippen molar-refractivity contribution >= 4 is 11.9 Å². The van der Waals surface area contributed by atoms with Gasteiger partial charge >= 0.3 is 11.9 Å². The quantitative estimate of drug-likeness (QED) is 0.707. The summed E-state index contributed by atoms with van der Waals surface area (Å²) in [6, 6.07) is 9.13. The van der Waals surface area contributed by atoms with Gasteiger partial charge in [-0.3, -0.25) is 4.79 Å². The van der Waals surface area contributed by atoms with E-state index in [1.807, 2.05) is 18.2 Å². The van der Waals surface area contributed by atoms with Crippen LogP contribution in [0.4, 0.5) is 0 Å². The van der Waals surface area contributed by atoms with Crippen molar-refractivity contribution in [3.8, 4) is 0 Å². The molecule has 1 rings (SSSR count). The predicted molar refractivity (Wildman–Crippen MR) is 57.1 cm³/mol. The second kappa shape index (κ2) is 7.42. The first-order chi connectivity index (χ1) is 7.43. The molecule has 0 aliphatic heterocycles. The molecule has 0 amide bonds. The van der Waals surface area contributed by atoms with Gasteiger partial charge in [-0.1, -0.05) is 30.3 Å². The summed E-state index contributed by atoms with van der Waals surface area (Å²) in [7, 11) is 0. The molecule has 16 heavy (non-hydrogen) atoms. The maximum Gasteiger partial charge on any atom is 0.332 e. The van der Waals surface area contributed by atoms with Crippen molar-refractivity contribution in [2.75, 3.05) is 0 Å². The summed E-state index contributed by atoms with van der Waals surface area (Å²) in [6.45, 7) is 1.20. The Balaban J connectivity index is 0.000000325. The van der Waals surface area contributed by atoms with Crippen molar-refractivity contribution < 1.29 is 24.9 Å². The number of aliphatic hydroxyl groups excluding tert-OH is 1. The third-order valence-electron chi connectivity index (χ3n) is 1.56. The number of rotatable bonds is 3. The Kier molecular flexibility index (Phi) is 6.55. The number of carboxylic acid groups (broad SMARTS) is 2. The molecule has 3 N–H and O–H groups in total. The van der Waals surface area contributed by atoms with E-state index in [9.17, 15) is 9.59 Å². The topological polar surface area (TPSA) is 94.8 Å². The molecule has 0 saturated heterocycles. The van der Waals surface area contributed by atoms with Crippen LogP contribution in [0.25, 0.3) is 0 Å². The Morgan fingerprint density at radius 2 is 1.62 bits per heavy atom. The second-order valence-corrected chi connectivity index (χ2v) is 3.07. The molecule has 0 aromatic heterocycles. The molecule has 0 radical (unpaired) electrons. The average molecular weight is 226 g/mol. The number of carboxylic acids is 2. The van der Waals surface area contributed by atoms with Crippen molar-refractivity contribution in [3.63, 3.8) is 0 Å². The van der Waals surface area contributed by atoms with Gasteiger partial charge in [0.25, 0.3) is 0 Å². The highest BCUT2D eigenvalue weighted by Gasteiger charge is 2.01. The van der Waals surface area contributed by atoms with E-state index in [0.717, 1.165) is 5.56 Å². The molecule has 0 aliphatic rings. The molecule has 0 saturated carbocycles. The first-order valence-corrected chi connectivity index (χ1v) is 4.60. The van der Waals surface area contributed by atoms with Crippen molar-refractivity contribution in [3.05, 3.63) is 35.9 Å². The fourth-order valence-corrected chi connectivity index (χ4v) is 0.770. The number of hydrogen-bond acceptors (Lipinski definition) is 3. The first kappa shape index (κ1) is 14.1. The maximum absolute atomic E-state index is 10.2. The summed E-state index contributed by atoms with van der Waals surface area (Å²) in [5.74, 6) is -1.97. The molecule has 88 valence electrons. The zero-order valence-electron chi connectivity index (χ0n) is 8.83. The zero-order chi connectivity index (χ0) is 12.6. The SMILES string of the molecule is CC(O)C(=O)O.O=C(O)Cc1ccccc1. The molecular weight excluding hydrogens is 212 g/mol. The Hall–Kier alpha value is -1.88. The lowest BCUT2D eigenvalue weighted by molar-refractivity contribution is -0.145.